The summed E-state index contributed by atoms with van der Waals surface area (Å²) in [6.45, 7) is 8.16. The first-order valence-electron chi connectivity index (χ1n) is 9.10. The summed E-state index contributed by atoms with van der Waals surface area (Å²) in [6.07, 6.45) is 2.55. The summed E-state index contributed by atoms with van der Waals surface area (Å²) in [5.74, 6) is 1.25. The van der Waals surface area contributed by atoms with Crippen molar-refractivity contribution in [2.24, 2.45) is 18.7 Å². The number of benzene rings is 1. The van der Waals surface area contributed by atoms with Gasteiger partial charge in [-0.2, -0.15) is 0 Å². The SMILES string of the molecule is Cc1nccc2c1c(=O)n(C)c1cc(OC(C)[C@@H](N)CC(C)C)ccc21. The maximum absolute atomic E-state index is 12.8. The molecule has 5 nitrogen and oxygen atoms in total. The smallest absolute Gasteiger partial charge is 0.260 e. The van der Waals surface area contributed by atoms with Gasteiger partial charge in [-0.1, -0.05) is 13.8 Å². The van der Waals surface area contributed by atoms with E-state index in [1.54, 1.807) is 17.8 Å². The van der Waals surface area contributed by atoms with E-state index in [4.69, 9.17) is 10.5 Å². The first kappa shape index (κ1) is 18.4. The Hall–Kier alpha value is -2.40. The van der Waals surface area contributed by atoms with Gasteiger partial charge in [0.1, 0.15) is 11.9 Å². The summed E-state index contributed by atoms with van der Waals surface area (Å²) in [5, 5.41) is 2.61. The molecule has 2 heterocycles. The van der Waals surface area contributed by atoms with Gasteiger partial charge in [-0.25, -0.2) is 0 Å². The monoisotopic (exact) mass is 353 g/mol. The minimum absolute atomic E-state index is 0.0279. The Kier molecular flexibility index (Phi) is 5.01. The topological polar surface area (TPSA) is 70.1 Å². The average molecular weight is 353 g/mol. The van der Waals surface area contributed by atoms with E-state index in [9.17, 15) is 4.79 Å². The number of aryl methyl sites for hydroxylation is 2. The molecule has 2 aromatic heterocycles. The fraction of sp³-hybridized carbons (Fsp3) is 0.429. The number of pyridine rings is 2. The van der Waals surface area contributed by atoms with Crippen molar-refractivity contribution in [3.05, 3.63) is 46.5 Å². The number of nitrogens with zero attached hydrogens (tertiary/aromatic N) is 2. The van der Waals surface area contributed by atoms with Gasteiger partial charge < -0.3 is 15.0 Å². The van der Waals surface area contributed by atoms with E-state index in [0.29, 0.717) is 11.3 Å². The lowest BCUT2D eigenvalue weighted by atomic mass is 10.0. The lowest BCUT2D eigenvalue weighted by Gasteiger charge is -2.23. The molecule has 3 rings (SSSR count). The number of hydrogen-bond acceptors (Lipinski definition) is 4. The summed E-state index contributed by atoms with van der Waals surface area (Å²) in [4.78, 5) is 17.1. The molecule has 0 bridgehead atoms. The fourth-order valence-electron chi connectivity index (χ4n) is 3.47. The normalized spacial score (nSPS) is 14.1. The van der Waals surface area contributed by atoms with Gasteiger partial charge >= 0.3 is 0 Å². The fourth-order valence-corrected chi connectivity index (χ4v) is 3.47. The van der Waals surface area contributed by atoms with Crippen molar-refractivity contribution < 1.29 is 4.74 Å². The molecule has 0 radical (unpaired) electrons. The molecule has 0 aliphatic heterocycles. The van der Waals surface area contributed by atoms with Gasteiger partial charge in [0.15, 0.2) is 0 Å². The summed E-state index contributed by atoms with van der Waals surface area (Å²) < 4.78 is 7.73. The quantitative estimate of drug-likeness (QED) is 0.712. The van der Waals surface area contributed by atoms with Gasteiger partial charge in [0.2, 0.25) is 0 Å². The van der Waals surface area contributed by atoms with Crippen molar-refractivity contribution in [2.45, 2.75) is 46.3 Å². The summed E-state index contributed by atoms with van der Waals surface area (Å²) in [7, 11) is 1.79. The van der Waals surface area contributed by atoms with Crippen LogP contribution in [-0.2, 0) is 7.05 Å². The zero-order valence-electron chi connectivity index (χ0n) is 16.1. The zero-order valence-corrected chi connectivity index (χ0v) is 16.1. The minimum Gasteiger partial charge on any atom is -0.489 e. The lowest BCUT2D eigenvalue weighted by Crippen LogP contribution is -2.37. The molecule has 1 unspecified atom stereocenters. The van der Waals surface area contributed by atoms with Crippen LogP contribution in [0.15, 0.2) is 35.3 Å². The zero-order chi connectivity index (χ0) is 19.0. The van der Waals surface area contributed by atoms with Gasteiger partial charge in [-0.3, -0.25) is 9.78 Å². The van der Waals surface area contributed by atoms with E-state index in [0.717, 1.165) is 34.2 Å². The van der Waals surface area contributed by atoms with Crippen LogP contribution in [0.4, 0.5) is 0 Å². The number of ether oxygens (including phenoxy) is 1. The number of hydrogen-bond donors (Lipinski definition) is 1. The molecule has 3 aromatic rings. The van der Waals surface area contributed by atoms with E-state index in [-0.39, 0.29) is 17.7 Å². The van der Waals surface area contributed by atoms with E-state index in [2.05, 4.69) is 18.8 Å². The minimum atomic E-state index is -0.0984. The van der Waals surface area contributed by atoms with Crippen LogP contribution in [0.5, 0.6) is 5.75 Å². The van der Waals surface area contributed by atoms with Crippen LogP contribution in [0.1, 0.15) is 32.9 Å². The predicted molar refractivity (Wildman–Crippen MR) is 107 cm³/mol. The Morgan fingerprint density at radius 1 is 1.19 bits per heavy atom. The van der Waals surface area contributed by atoms with Crippen LogP contribution in [0.3, 0.4) is 0 Å². The Labute approximate surface area is 153 Å². The number of rotatable bonds is 5. The van der Waals surface area contributed by atoms with Gasteiger partial charge in [-0.05, 0) is 49.8 Å². The molecular formula is C21H27N3O2. The van der Waals surface area contributed by atoms with Gasteiger partial charge in [0.05, 0.1) is 16.6 Å². The molecular weight excluding hydrogens is 326 g/mol. The molecule has 0 aliphatic carbocycles. The lowest BCUT2D eigenvalue weighted by molar-refractivity contribution is 0.177. The first-order valence-corrected chi connectivity index (χ1v) is 9.10. The van der Waals surface area contributed by atoms with Crippen LogP contribution in [0.25, 0.3) is 21.7 Å². The van der Waals surface area contributed by atoms with E-state index in [1.165, 1.54) is 0 Å². The average Bonchev–Trinajstić information content (AvgIpc) is 2.58. The van der Waals surface area contributed by atoms with Crippen LogP contribution in [0, 0.1) is 12.8 Å². The van der Waals surface area contributed by atoms with E-state index < -0.39 is 0 Å². The predicted octanol–water partition coefficient (Wildman–Crippen LogP) is 3.54. The van der Waals surface area contributed by atoms with Gasteiger partial charge in [0.25, 0.3) is 5.56 Å². The molecule has 0 amide bonds. The molecule has 0 saturated heterocycles. The highest BCUT2D eigenvalue weighted by Gasteiger charge is 2.17. The van der Waals surface area contributed by atoms with Crippen molar-refractivity contribution in [3.8, 4) is 5.75 Å². The molecule has 5 heteroatoms. The Morgan fingerprint density at radius 2 is 1.92 bits per heavy atom. The molecule has 2 N–H and O–H groups in total. The molecule has 0 aliphatic rings. The third-order valence-corrected chi connectivity index (χ3v) is 4.95. The van der Waals surface area contributed by atoms with E-state index >= 15 is 0 Å². The summed E-state index contributed by atoms with van der Waals surface area (Å²) >= 11 is 0. The third kappa shape index (κ3) is 3.31. The van der Waals surface area contributed by atoms with Crippen molar-refractivity contribution in [1.82, 2.24) is 9.55 Å². The van der Waals surface area contributed by atoms with Crippen LogP contribution in [0.2, 0.25) is 0 Å². The van der Waals surface area contributed by atoms with Crippen LogP contribution >= 0.6 is 0 Å². The summed E-state index contributed by atoms with van der Waals surface area (Å²) in [6, 6.07) is 7.74. The van der Waals surface area contributed by atoms with Crippen LogP contribution < -0.4 is 16.0 Å². The largest absolute Gasteiger partial charge is 0.489 e. The maximum Gasteiger partial charge on any atom is 0.260 e. The molecule has 138 valence electrons. The molecule has 0 spiro atoms. The van der Waals surface area contributed by atoms with Crippen LogP contribution in [-0.4, -0.2) is 21.7 Å². The molecule has 26 heavy (non-hydrogen) atoms. The van der Waals surface area contributed by atoms with Crippen molar-refractivity contribution in [3.63, 3.8) is 0 Å². The molecule has 1 aromatic carbocycles. The highest BCUT2D eigenvalue weighted by Crippen LogP contribution is 2.27. The Bertz CT molecular complexity index is 1010. The second kappa shape index (κ2) is 7.08. The maximum atomic E-state index is 12.8. The molecule has 0 fully saturated rings. The second-order valence-electron chi connectivity index (χ2n) is 7.48. The number of fused-ring (bicyclic) bond motifs is 3. The van der Waals surface area contributed by atoms with Crippen molar-refractivity contribution >= 4 is 21.7 Å². The second-order valence-corrected chi connectivity index (χ2v) is 7.48. The third-order valence-electron chi connectivity index (χ3n) is 4.95. The highest BCUT2D eigenvalue weighted by molar-refractivity contribution is 6.06. The number of nitrogens with two attached hydrogens (primary N) is 1. The Morgan fingerprint density at radius 3 is 2.62 bits per heavy atom. The van der Waals surface area contributed by atoms with Gasteiger partial charge in [0, 0.05) is 30.7 Å². The van der Waals surface area contributed by atoms with Crippen molar-refractivity contribution in [2.75, 3.05) is 0 Å². The van der Waals surface area contributed by atoms with E-state index in [1.807, 2.05) is 38.1 Å². The molecule has 0 saturated carbocycles. The number of aromatic nitrogens is 2. The first-order chi connectivity index (χ1) is 12.3. The summed E-state index contributed by atoms with van der Waals surface area (Å²) in [5.41, 5.74) is 7.79. The molecule has 2 atom stereocenters. The Balaban J connectivity index is 2.06. The van der Waals surface area contributed by atoms with Crippen molar-refractivity contribution in [1.29, 1.82) is 0 Å². The highest BCUT2D eigenvalue weighted by atomic mass is 16.5. The van der Waals surface area contributed by atoms with Gasteiger partial charge in [-0.15, -0.1) is 0 Å². The standard InChI is InChI=1S/C21H27N3O2/c1-12(2)10-18(22)14(4)26-15-6-7-16-17-8-9-23-13(3)20(17)21(25)24(5)19(16)11-15/h6-9,11-12,14,18H,10,22H2,1-5H3/t14?,18-/m0/s1.